The van der Waals surface area contributed by atoms with Gasteiger partial charge in [-0.25, -0.2) is 4.39 Å². The van der Waals surface area contributed by atoms with Crippen molar-refractivity contribution in [1.82, 2.24) is 4.90 Å². The van der Waals surface area contributed by atoms with Gasteiger partial charge in [-0.15, -0.1) is 0 Å². The lowest BCUT2D eigenvalue weighted by atomic mass is 10.0. The number of hydrogen-bond donors (Lipinski definition) is 1. The maximum Gasteiger partial charge on any atom is 0.128 e. The van der Waals surface area contributed by atoms with Crippen LogP contribution in [0.15, 0.2) is 48.5 Å². The first-order valence-electron chi connectivity index (χ1n) is 6.51. The van der Waals surface area contributed by atoms with E-state index in [0.29, 0.717) is 23.7 Å². The van der Waals surface area contributed by atoms with Crippen LogP contribution in [0.4, 0.5) is 4.39 Å². The van der Waals surface area contributed by atoms with Gasteiger partial charge >= 0.3 is 0 Å². The van der Waals surface area contributed by atoms with E-state index in [-0.39, 0.29) is 11.9 Å². The number of hydrogen-bond acceptors (Lipinski definition) is 2. The van der Waals surface area contributed by atoms with Gasteiger partial charge in [0.2, 0.25) is 0 Å². The molecule has 20 heavy (non-hydrogen) atoms. The molecular formula is C16H18ClFN2. The van der Waals surface area contributed by atoms with Gasteiger partial charge < -0.3 is 5.73 Å². The molecule has 2 N–H and O–H groups in total. The van der Waals surface area contributed by atoms with Gasteiger partial charge in [-0.1, -0.05) is 41.9 Å². The molecular weight excluding hydrogens is 275 g/mol. The van der Waals surface area contributed by atoms with E-state index in [1.807, 2.05) is 42.3 Å². The lowest BCUT2D eigenvalue weighted by Crippen LogP contribution is -2.30. The summed E-state index contributed by atoms with van der Waals surface area (Å²) >= 11 is 5.98. The molecule has 0 radical (unpaired) electrons. The quantitative estimate of drug-likeness (QED) is 0.912. The van der Waals surface area contributed by atoms with Crippen LogP contribution in [0, 0.1) is 5.82 Å². The molecule has 0 aliphatic carbocycles. The minimum atomic E-state index is -0.221. The molecule has 0 fully saturated rings. The second-order valence-electron chi connectivity index (χ2n) is 4.82. The van der Waals surface area contributed by atoms with Gasteiger partial charge in [0, 0.05) is 29.7 Å². The zero-order valence-corrected chi connectivity index (χ0v) is 12.1. The number of halogens is 2. The van der Waals surface area contributed by atoms with Crippen molar-refractivity contribution in [3.05, 3.63) is 70.5 Å². The van der Waals surface area contributed by atoms with Crippen molar-refractivity contribution in [2.24, 2.45) is 5.73 Å². The number of nitrogens with two attached hydrogens (primary N) is 1. The molecule has 4 heteroatoms. The van der Waals surface area contributed by atoms with Crippen LogP contribution in [0.25, 0.3) is 0 Å². The molecule has 2 aromatic carbocycles. The smallest absolute Gasteiger partial charge is 0.128 e. The van der Waals surface area contributed by atoms with Gasteiger partial charge in [-0.05, 0) is 30.8 Å². The predicted molar refractivity (Wildman–Crippen MR) is 81.1 cm³/mol. The summed E-state index contributed by atoms with van der Waals surface area (Å²) in [6.45, 7) is 1.02. The minimum Gasteiger partial charge on any atom is -0.329 e. The Morgan fingerprint density at radius 3 is 2.60 bits per heavy atom. The largest absolute Gasteiger partial charge is 0.329 e. The third-order valence-electron chi connectivity index (χ3n) is 3.34. The molecule has 0 heterocycles. The van der Waals surface area contributed by atoms with Crippen molar-refractivity contribution >= 4 is 11.6 Å². The molecule has 1 atom stereocenters. The van der Waals surface area contributed by atoms with Crippen LogP contribution in [0.2, 0.25) is 5.02 Å². The van der Waals surface area contributed by atoms with E-state index in [1.165, 1.54) is 6.07 Å². The summed E-state index contributed by atoms with van der Waals surface area (Å²) < 4.78 is 13.9. The van der Waals surface area contributed by atoms with Gasteiger partial charge in [0.25, 0.3) is 0 Å². The summed E-state index contributed by atoms with van der Waals surface area (Å²) in [7, 11) is 1.94. The van der Waals surface area contributed by atoms with Gasteiger partial charge in [0.05, 0.1) is 0 Å². The van der Waals surface area contributed by atoms with Crippen molar-refractivity contribution in [2.45, 2.75) is 12.6 Å². The summed E-state index contributed by atoms with van der Waals surface area (Å²) in [5.41, 5.74) is 7.53. The summed E-state index contributed by atoms with van der Waals surface area (Å²) in [6.07, 6.45) is 0. The number of likely N-dealkylation sites (N-methyl/N-ethyl adjacent to an activating group) is 1. The molecule has 0 spiro atoms. The van der Waals surface area contributed by atoms with E-state index in [4.69, 9.17) is 17.3 Å². The van der Waals surface area contributed by atoms with E-state index in [2.05, 4.69) is 0 Å². The zero-order chi connectivity index (χ0) is 14.5. The average molecular weight is 293 g/mol. The highest BCUT2D eigenvalue weighted by molar-refractivity contribution is 6.30. The van der Waals surface area contributed by atoms with Crippen LogP contribution in [-0.2, 0) is 6.54 Å². The molecule has 0 saturated heterocycles. The fraction of sp³-hybridized carbons (Fsp3) is 0.250. The van der Waals surface area contributed by atoms with E-state index in [9.17, 15) is 4.39 Å². The maximum absolute atomic E-state index is 13.9. The highest BCUT2D eigenvalue weighted by Crippen LogP contribution is 2.23. The first-order chi connectivity index (χ1) is 9.61. The van der Waals surface area contributed by atoms with Crippen LogP contribution in [0.5, 0.6) is 0 Å². The highest BCUT2D eigenvalue weighted by atomic mass is 35.5. The second kappa shape index (κ2) is 6.84. The monoisotopic (exact) mass is 292 g/mol. The van der Waals surface area contributed by atoms with Crippen molar-refractivity contribution < 1.29 is 4.39 Å². The van der Waals surface area contributed by atoms with E-state index < -0.39 is 0 Å². The summed E-state index contributed by atoms with van der Waals surface area (Å²) in [5.74, 6) is -0.221. The molecule has 0 bridgehead atoms. The van der Waals surface area contributed by atoms with Crippen molar-refractivity contribution in [3.63, 3.8) is 0 Å². The van der Waals surface area contributed by atoms with Crippen molar-refractivity contribution in [3.8, 4) is 0 Å². The standard InChI is InChI=1S/C16H18ClFN2/c1-20(11-12-5-4-6-13(17)9-12)16(10-19)14-7-2-3-8-15(14)18/h2-9,16H,10-11,19H2,1H3. The third-order valence-corrected chi connectivity index (χ3v) is 3.58. The number of nitrogens with zero attached hydrogens (tertiary/aromatic N) is 1. The molecule has 2 nitrogen and oxygen atoms in total. The lowest BCUT2D eigenvalue weighted by Gasteiger charge is -2.27. The van der Waals surface area contributed by atoms with Crippen LogP contribution >= 0.6 is 11.6 Å². The third kappa shape index (κ3) is 3.57. The topological polar surface area (TPSA) is 29.3 Å². The Kier molecular flexibility index (Phi) is 5.12. The number of benzene rings is 2. The van der Waals surface area contributed by atoms with Gasteiger partial charge in [-0.2, -0.15) is 0 Å². The molecule has 1 unspecified atom stereocenters. The number of rotatable bonds is 5. The molecule has 2 aromatic rings. The molecule has 0 amide bonds. The lowest BCUT2D eigenvalue weighted by molar-refractivity contribution is 0.237. The first-order valence-corrected chi connectivity index (χ1v) is 6.89. The van der Waals surface area contributed by atoms with Crippen molar-refractivity contribution in [1.29, 1.82) is 0 Å². The molecule has 106 valence electrons. The normalized spacial score (nSPS) is 12.7. The van der Waals surface area contributed by atoms with Crippen LogP contribution in [0.3, 0.4) is 0 Å². The minimum absolute atomic E-state index is 0.157. The van der Waals surface area contributed by atoms with E-state index in [0.717, 1.165) is 5.56 Å². The Bertz CT molecular complexity index is 574. The Morgan fingerprint density at radius 1 is 1.20 bits per heavy atom. The molecule has 2 rings (SSSR count). The average Bonchev–Trinajstić information content (AvgIpc) is 2.41. The van der Waals surface area contributed by atoms with Crippen molar-refractivity contribution in [2.75, 3.05) is 13.6 Å². The molecule has 0 aliphatic heterocycles. The Morgan fingerprint density at radius 2 is 1.95 bits per heavy atom. The van der Waals surface area contributed by atoms with E-state index in [1.54, 1.807) is 12.1 Å². The Labute approximate surface area is 124 Å². The summed E-state index contributed by atoms with van der Waals surface area (Å²) in [5, 5.41) is 0.700. The SMILES string of the molecule is CN(Cc1cccc(Cl)c1)C(CN)c1ccccc1F. The Hall–Kier alpha value is -1.42. The van der Waals surface area contributed by atoms with Crippen LogP contribution in [-0.4, -0.2) is 18.5 Å². The zero-order valence-electron chi connectivity index (χ0n) is 11.4. The highest BCUT2D eigenvalue weighted by Gasteiger charge is 2.18. The molecule has 0 aliphatic rings. The Balaban J connectivity index is 2.18. The van der Waals surface area contributed by atoms with Gasteiger partial charge in [0.1, 0.15) is 5.82 Å². The summed E-state index contributed by atoms with van der Waals surface area (Å²) in [4.78, 5) is 2.03. The second-order valence-corrected chi connectivity index (χ2v) is 5.25. The van der Waals surface area contributed by atoms with Gasteiger partial charge in [-0.3, -0.25) is 4.90 Å². The molecule has 0 saturated carbocycles. The van der Waals surface area contributed by atoms with E-state index >= 15 is 0 Å². The maximum atomic E-state index is 13.9. The predicted octanol–water partition coefficient (Wildman–Crippen LogP) is 3.61. The fourth-order valence-electron chi connectivity index (χ4n) is 2.32. The van der Waals surface area contributed by atoms with Gasteiger partial charge in [0.15, 0.2) is 0 Å². The van der Waals surface area contributed by atoms with Crippen LogP contribution in [0.1, 0.15) is 17.2 Å². The first kappa shape index (κ1) is 15.0. The molecule has 0 aromatic heterocycles. The van der Waals surface area contributed by atoms with Crippen LogP contribution < -0.4 is 5.73 Å². The fourth-order valence-corrected chi connectivity index (χ4v) is 2.54. The summed E-state index contributed by atoms with van der Waals surface area (Å²) in [6, 6.07) is 14.2.